The van der Waals surface area contributed by atoms with Gasteiger partial charge in [0, 0.05) is 21.8 Å². The van der Waals surface area contributed by atoms with Crippen LogP contribution in [-0.4, -0.2) is 4.98 Å². The Bertz CT molecular complexity index is 1160. The molecule has 0 aliphatic rings. The maximum absolute atomic E-state index is 3.54. The van der Waals surface area contributed by atoms with Gasteiger partial charge >= 0.3 is 0 Å². The fraction of sp³-hybridized carbons (Fsp3) is 0. The van der Waals surface area contributed by atoms with Gasteiger partial charge in [0.05, 0.1) is 0 Å². The maximum atomic E-state index is 3.54. The number of nitrogens with one attached hydrogen (secondary N) is 1. The van der Waals surface area contributed by atoms with Crippen LogP contribution in [0.1, 0.15) is 0 Å². The van der Waals surface area contributed by atoms with Gasteiger partial charge in [-0.1, -0.05) is 72.8 Å². The monoisotopic (exact) mass is 293 g/mol. The Labute approximate surface area is 134 Å². The van der Waals surface area contributed by atoms with Gasteiger partial charge in [-0.15, -0.1) is 0 Å². The van der Waals surface area contributed by atoms with Gasteiger partial charge in [0.15, 0.2) is 0 Å². The van der Waals surface area contributed by atoms with E-state index in [1.54, 1.807) is 0 Å². The number of fused-ring (bicyclic) bond motifs is 4. The third-order valence-electron chi connectivity index (χ3n) is 4.61. The Hall–Kier alpha value is -3.06. The molecule has 108 valence electrons. The standard InChI is InChI=1S/C22H15N/c1-2-9-16-15(7-1)8-5-11-17(16)18-12-6-14-21-22(18)19-10-3-4-13-20(19)23-21/h1-14,23H. The molecule has 0 radical (unpaired) electrons. The number of benzene rings is 4. The van der Waals surface area contributed by atoms with Crippen molar-refractivity contribution in [3.63, 3.8) is 0 Å². The molecule has 5 aromatic rings. The molecule has 0 saturated heterocycles. The molecule has 5 rings (SSSR count). The van der Waals surface area contributed by atoms with Gasteiger partial charge in [0.1, 0.15) is 0 Å². The highest BCUT2D eigenvalue weighted by Gasteiger charge is 2.11. The van der Waals surface area contributed by atoms with Crippen LogP contribution in [0.25, 0.3) is 43.7 Å². The van der Waals surface area contributed by atoms with Crippen LogP contribution >= 0.6 is 0 Å². The number of aromatic amines is 1. The van der Waals surface area contributed by atoms with Gasteiger partial charge in [-0.3, -0.25) is 0 Å². The summed E-state index contributed by atoms with van der Waals surface area (Å²) in [5.41, 5.74) is 4.96. The third kappa shape index (κ3) is 1.80. The second-order valence-electron chi connectivity index (χ2n) is 5.93. The third-order valence-corrected chi connectivity index (χ3v) is 4.61. The summed E-state index contributed by atoms with van der Waals surface area (Å²) in [5, 5.41) is 5.17. The molecule has 0 fully saturated rings. The van der Waals surface area contributed by atoms with E-state index in [2.05, 4.69) is 89.9 Å². The SMILES string of the molecule is c1ccc2c(-c3cccc4[nH]c5ccccc5c34)cccc2c1. The lowest BCUT2D eigenvalue weighted by Crippen LogP contribution is -1.82. The van der Waals surface area contributed by atoms with Crippen LogP contribution < -0.4 is 0 Å². The fourth-order valence-electron chi connectivity index (χ4n) is 3.59. The van der Waals surface area contributed by atoms with E-state index in [1.165, 1.54) is 43.7 Å². The van der Waals surface area contributed by atoms with Crippen molar-refractivity contribution < 1.29 is 0 Å². The summed E-state index contributed by atoms with van der Waals surface area (Å²) in [6.07, 6.45) is 0. The lowest BCUT2D eigenvalue weighted by Gasteiger charge is -2.09. The zero-order chi connectivity index (χ0) is 15.2. The number of aromatic nitrogens is 1. The lowest BCUT2D eigenvalue weighted by atomic mass is 9.95. The van der Waals surface area contributed by atoms with Crippen LogP contribution in [0.5, 0.6) is 0 Å². The molecule has 1 heterocycles. The first-order valence-corrected chi connectivity index (χ1v) is 7.89. The number of para-hydroxylation sites is 1. The van der Waals surface area contributed by atoms with Crippen molar-refractivity contribution in [1.82, 2.24) is 4.98 Å². The summed E-state index contributed by atoms with van der Waals surface area (Å²) < 4.78 is 0. The van der Waals surface area contributed by atoms with Gasteiger partial charge in [0.2, 0.25) is 0 Å². The molecule has 1 heteroatoms. The zero-order valence-corrected chi connectivity index (χ0v) is 12.6. The van der Waals surface area contributed by atoms with Gasteiger partial charge in [-0.05, 0) is 34.0 Å². The van der Waals surface area contributed by atoms with Crippen molar-refractivity contribution in [2.45, 2.75) is 0 Å². The van der Waals surface area contributed by atoms with Gasteiger partial charge in [-0.25, -0.2) is 0 Å². The van der Waals surface area contributed by atoms with Crippen LogP contribution in [0.15, 0.2) is 84.9 Å². The number of hydrogen-bond acceptors (Lipinski definition) is 0. The van der Waals surface area contributed by atoms with Gasteiger partial charge in [0.25, 0.3) is 0 Å². The van der Waals surface area contributed by atoms with E-state index in [9.17, 15) is 0 Å². The second-order valence-corrected chi connectivity index (χ2v) is 5.93. The van der Waals surface area contributed by atoms with E-state index in [0.29, 0.717) is 0 Å². The van der Waals surface area contributed by atoms with E-state index < -0.39 is 0 Å². The Morgan fingerprint density at radius 1 is 0.478 bits per heavy atom. The Morgan fingerprint density at radius 3 is 2.09 bits per heavy atom. The van der Waals surface area contributed by atoms with Crippen molar-refractivity contribution in [3.05, 3.63) is 84.9 Å². The average Bonchev–Trinajstić information content (AvgIpc) is 3.00. The van der Waals surface area contributed by atoms with Crippen LogP contribution in [0.3, 0.4) is 0 Å². The highest BCUT2D eigenvalue weighted by Crippen LogP contribution is 2.37. The minimum atomic E-state index is 1.19. The highest BCUT2D eigenvalue weighted by atomic mass is 14.7. The molecule has 4 aromatic carbocycles. The molecular formula is C22H15N. The predicted molar refractivity (Wildman–Crippen MR) is 98.7 cm³/mol. The molecule has 0 amide bonds. The Kier molecular flexibility index (Phi) is 2.56. The maximum Gasteiger partial charge on any atom is 0.0471 e. The molecule has 23 heavy (non-hydrogen) atoms. The molecule has 0 unspecified atom stereocenters. The first kappa shape index (κ1) is 12.5. The number of H-pyrrole nitrogens is 1. The van der Waals surface area contributed by atoms with Crippen molar-refractivity contribution in [1.29, 1.82) is 0 Å². The average molecular weight is 293 g/mol. The van der Waals surface area contributed by atoms with Crippen molar-refractivity contribution in [2.24, 2.45) is 0 Å². The van der Waals surface area contributed by atoms with Crippen LogP contribution in [0.2, 0.25) is 0 Å². The van der Waals surface area contributed by atoms with E-state index >= 15 is 0 Å². The zero-order valence-electron chi connectivity index (χ0n) is 12.6. The van der Waals surface area contributed by atoms with Crippen molar-refractivity contribution >= 4 is 32.6 Å². The molecule has 0 bridgehead atoms. The second kappa shape index (κ2) is 4.72. The molecule has 0 saturated carbocycles. The molecule has 0 spiro atoms. The van der Waals surface area contributed by atoms with Gasteiger partial charge < -0.3 is 4.98 Å². The van der Waals surface area contributed by atoms with E-state index in [4.69, 9.17) is 0 Å². The normalized spacial score (nSPS) is 11.5. The number of rotatable bonds is 1. The smallest absolute Gasteiger partial charge is 0.0471 e. The summed E-state index contributed by atoms with van der Waals surface area (Å²) in [4.78, 5) is 3.54. The minimum absolute atomic E-state index is 1.19. The Morgan fingerprint density at radius 2 is 1.13 bits per heavy atom. The van der Waals surface area contributed by atoms with Gasteiger partial charge in [-0.2, -0.15) is 0 Å². The fourth-order valence-corrected chi connectivity index (χ4v) is 3.59. The van der Waals surface area contributed by atoms with E-state index in [0.717, 1.165) is 0 Å². The predicted octanol–water partition coefficient (Wildman–Crippen LogP) is 6.14. The first-order valence-electron chi connectivity index (χ1n) is 7.89. The summed E-state index contributed by atoms with van der Waals surface area (Å²) in [6, 6.07) is 30.2. The molecule has 0 atom stereocenters. The topological polar surface area (TPSA) is 15.8 Å². The molecule has 1 aromatic heterocycles. The van der Waals surface area contributed by atoms with Crippen LogP contribution in [0, 0.1) is 0 Å². The molecule has 1 nitrogen and oxygen atoms in total. The molecule has 1 N–H and O–H groups in total. The molecule has 0 aliphatic heterocycles. The lowest BCUT2D eigenvalue weighted by molar-refractivity contribution is 1.55. The number of hydrogen-bond donors (Lipinski definition) is 1. The van der Waals surface area contributed by atoms with Crippen LogP contribution in [-0.2, 0) is 0 Å². The summed E-state index contributed by atoms with van der Waals surface area (Å²) in [6.45, 7) is 0. The van der Waals surface area contributed by atoms with Crippen molar-refractivity contribution in [3.8, 4) is 11.1 Å². The first-order chi connectivity index (χ1) is 11.4. The molecule has 0 aliphatic carbocycles. The van der Waals surface area contributed by atoms with Crippen molar-refractivity contribution in [2.75, 3.05) is 0 Å². The minimum Gasteiger partial charge on any atom is -0.354 e. The van der Waals surface area contributed by atoms with Crippen LogP contribution in [0.4, 0.5) is 0 Å². The summed E-state index contributed by atoms with van der Waals surface area (Å²) in [5.74, 6) is 0. The summed E-state index contributed by atoms with van der Waals surface area (Å²) in [7, 11) is 0. The quantitative estimate of drug-likeness (QED) is 0.382. The van der Waals surface area contributed by atoms with E-state index in [-0.39, 0.29) is 0 Å². The molecular weight excluding hydrogens is 278 g/mol. The largest absolute Gasteiger partial charge is 0.354 e. The summed E-state index contributed by atoms with van der Waals surface area (Å²) >= 11 is 0. The highest BCUT2D eigenvalue weighted by molar-refractivity contribution is 6.16. The van der Waals surface area contributed by atoms with E-state index in [1.807, 2.05) is 0 Å². The Balaban J connectivity index is 1.96.